The van der Waals surface area contributed by atoms with Gasteiger partial charge in [-0.25, -0.2) is 4.79 Å². The maximum atomic E-state index is 12.8. The quantitative estimate of drug-likeness (QED) is 0.468. The molecule has 0 bridgehead atoms. The zero-order chi connectivity index (χ0) is 24.3. The van der Waals surface area contributed by atoms with Crippen LogP contribution in [0.2, 0.25) is 0 Å². The number of hydrogen-bond acceptors (Lipinski definition) is 6. The minimum absolute atomic E-state index is 0.0188. The summed E-state index contributed by atoms with van der Waals surface area (Å²) in [6, 6.07) is 5.42. The summed E-state index contributed by atoms with van der Waals surface area (Å²) in [7, 11) is 1.59. The first-order valence-corrected chi connectivity index (χ1v) is 11.5. The van der Waals surface area contributed by atoms with E-state index in [0.717, 1.165) is 23.2 Å². The lowest BCUT2D eigenvalue weighted by Crippen LogP contribution is -2.33. The number of esters is 1. The second-order valence-corrected chi connectivity index (χ2v) is 9.65. The van der Waals surface area contributed by atoms with Gasteiger partial charge in [-0.2, -0.15) is 0 Å². The van der Waals surface area contributed by atoms with Gasteiger partial charge in [0.05, 0.1) is 32.1 Å². The maximum Gasteiger partial charge on any atom is 0.343 e. The van der Waals surface area contributed by atoms with E-state index in [-0.39, 0.29) is 35.2 Å². The van der Waals surface area contributed by atoms with Crippen LogP contribution in [-0.4, -0.2) is 42.1 Å². The molecule has 1 aliphatic heterocycles. The van der Waals surface area contributed by atoms with Crippen LogP contribution >= 0.6 is 0 Å². The highest BCUT2D eigenvalue weighted by atomic mass is 16.5. The molecule has 0 saturated heterocycles. The Labute approximate surface area is 195 Å². The van der Waals surface area contributed by atoms with Crippen LogP contribution in [0.5, 0.6) is 11.5 Å². The van der Waals surface area contributed by atoms with Crippen LogP contribution in [0.25, 0.3) is 11.3 Å². The number of fused-ring (bicyclic) bond motifs is 3. The number of nitrogens with zero attached hydrogens (tertiary/aromatic N) is 1. The lowest BCUT2D eigenvalue weighted by atomic mass is 9.78. The first-order valence-electron chi connectivity index (χ1n) is 11.5. The number of carbonyl (C=O) groups excluding carboxylic acids is 1. The molecule has 2 heterocycles. The average molecular weight is 458 g/mol. The van der Waals surface area contributed by atoms with E-state index in [0.29, 0.717) is 30.9 Å². The first kappa shape index (κ1) is 24.8. The summed E-state index contributed by atoms with van der Waals surface area (Å²) in [5.74, 6) is 0.622. The van der Waals surface area contributed by atoms with E-state index in [4.69, 9.17) is 14.2 Å². The summed E-state index contributed by atoms with van der Waals surface area (Å²) in [6.45, 7) is 10.6. The predicted octanol–water partition coefficient (Wildman–Crippen LogP) is 4.38. The smallest absolute Gasteiger partial charge is 0.343 e. The van der Waals surface area contributed by atoms with Crippen LogP contribution in [0.15, 0.2) is 29.2 Å². The van der Waals surface area contributed by atoms with Gasteiger partial charge in [-0.15, -0.1) is 0 Å². The van der Waals surface area contributed by atoms with Gasteiger partial charge in [0.2, 0.25) is 0 Å². The van der Waals surface area contributed by atoms with E-state index in [1.165, 1.54) is 6.07 Å². The summed E-state index contributed by atoms with van der Waals surface area (Å²) in [6.07, 6.45) is 3.39. The Morgan fingerprint density at radius 1 is 1.24 bits per heavy atom. The van der Waals surface area contributed by atoms with E-state index >= 15 is 0 Å². The molecule has 2 unspecified atom stereocenters. The second kappa shape index (κ2) is 10.00. The summed E-state index contributed by atoms with van der Waals surface area (Å²) in [5, 5.41) is 9.48. The Balaban J connectivity index is 2.09. The number of aliphatic hydroxyl groups excluding tert-OH is 1. The normalized spacial score (nSPS) is 15.9. The number of pyridine rings is 1. The molecular weight excluding hydrogens is 422 g/mol. The van der Waals surface area contributed by atoms with Crippen molar-refractivity contribution in [3.8, 4) is 22.8 Å². The lowest BCUT2D eigenvalue weighted by molar-refractivity contribution is 0.0523. The minimum Gasteiger partial charge on any atom is -0.493 e. The molecule has 180 valence electrons. The Hall–Kier alpha value is -2.80. The largest absolute Gasteiger partial charge is 0.493 e. The summed E-state index contributed by atoms with van der Waals surface area (Å²) < 4.78 is 18.7. The zero-order valence-electron chi connectivity index (χ0n) is 20.4. The van der Waals surface area contributed by atoms with Crippen LogP contribution in [-0.2, 0) is 11.2 Å². The topological polar surface area (TPSA) is 87.0 Å². The number of aromatic nitrogens is 1. The van der Waals surface area contributed by atoms with Gasteiger partial charge in [0.1, 0.15) is 5.56 Å². The molecule has 1 aromatic carbocycles. The number of benzene rings is 1. The molecule has 0 fully saturated rings. The molecule has 0 spiro atoms. The number of aliphatic hydroxyl groups is 1. The third-order valence-corrected chi connectivity index (χ3v) is 6.01. The van der Waals surface area contributed by atoms with Gasteiger partial charge in [0.15, 0.2) is 16.9 Å². The minimum atomic E-state index is -0.602. The Morgan fingerprint density at radius 3 is 2.58 bits per heavy atom. The van der Waals surface area contributed by atoms with Crippen molar-refractivity contribution in [3.05, 3.63) is 45.7 Å². The fraction of sp³-hybridized carbons (Fsp3) is 0.538. The first-order chi connectivity index (χ1) is 15.6. The predicted molar refractivity (Wildman–Crippen MR) is 127 cm³/mol. The van der Waals surface area contributed by atoms with Gasteiger partial charge < -0.3 is 23.9 Å². The van der Waals surface area contributed by atoms with Crippen molar-refractivity contribution in [2.75, 3.05) is 20.3 Å². The number of carbonyl (C=O) groups is 1. The molecule has 2 atom stereocenters. The van der Waals surface area contributed by atoms with Gasteiger partial charge >= 0.3 is 5.97 Å². The van der Waals surface area contributed by atoms with Crippen LogP contribution in [0.4, 0.5) is 0 Å². The van der Waals surface area contributed by atoms with Gasteiger partial charge in [-0.3, -0.25) is 4.79 Å². The molecule has 0 aliphatic carbocycles. The van der Waals surface area contributed by atoms with Gasteiger partial charge in [0.25, 0.3) is 0 Å². The fourth-order valence-electron chi connectivity index (χ4n) is 4.26. The number of rotatable bonds is 8. The number of methoxy groups -OCH3 is 1. The molecule has 1 aliphatic rings. The molecular formula is C26H35NO6. The molecule has 0 amide bonds. The molecule has 1 N–H and O–H groups in total. The highest BCUT2D eigenvalue weighted by Crippen LogP contribution is 2.45. The van der Waals surface area contributed by atoms with Gasteiger partial charge in [-0.1, -0.05) is 20.8 Å². The lowest BCUT2D eigenvalue weighted by Gasteiger charge is -2.39. The Morgan fingerprint density at radius 2 is 1.97 bits per heavy atom. The summed E-state index contributed by atoms with van der Waals surface area (Å²) in [4.78, 5) is 25.2. The van der Waals surface area contributed by atoms with Crippen molar-refractivity contribution in [3.63, 3.8) is 0 Å². The van der Waals surface area contributed by atoms with Gasteiger partial charge in [-0.05, 0) is 56.2 Å². The van der Waals surface area contributed by atoms with Crippen molar-refractivity contribution >= 4 is 5.97 Å². The molecule has 0 radical (unpaired) electrons. The molecule has 0 saturated carbocycles. The van der Waals surface area contributed by atoms with Crippen molar-refractivity contribution < 1.29 is 24.1 Å². The van der Waals surface area contributed by atoms with Crippen LogP contribution in [0, 0.1) is 5.41 Å². The fourth-order valence-corrected chi connectivity index (χ4v) is 4.26. The van der Waals surface area contributed by atoms with Crippen LogP contribution < -0.4 is 14.9 Å². The van der Waals surface area contributed by atoms with E-state index in [9.17, 15) is 14.7 Å². The average Bonchev–Trinajstić information content (AvgIpc) is 2.74. The molecule has 7 heteroatoms. The standard InChI is InChI=1S/C26H35NO6/c1-7-32-25(30)19-15-27-20(14-21(19)29)18-13-22(31-6)23(33-10-8-9-16(2)28)11-17(18)12-24(27)26(3,4)5/h11,13-16,24,28H,7-10,12H2,1-6H3. The van der Waals surface area contributed by atoms with Crippen molar-refractivity contribution in [1.82, 2.24) is 4.57 Å². The van der Waals surface area contributed by atoms with E-state index in [1.807, 2.05) is 16.7 Å². The Kier molecular flexibility index (Phi) is 7.52. The molecule has 7 nitrogen and oxygen atoms in total. The zero-order valence-corrected chi connectivity index (χ0v) is 20.4. The number of ether oxygens (including phenoxy) is 3. The third kappa shape index (κ3) is 5.41. The monoisotopic (exact) mass is 457 g/mol. The van der Waals surface area contributed by atoms with E-state index in [1.54, 1.807) is 27.2 Å². The second-order valence-electron chi connectivity index (χ2n) is 9.65. The van der Waals surface area contributed by atoms with E-state index < -0.39 is 5.97 Å². The molecule has 33 heavy (non-hydrogen) atoms. The SMILES string of the molecule is CCOC(=O)c1cn2c(cc1=O)-c1cc(OC)c(OCCCC(C)O)cc1CC2C(C)(C)C. The number of hydrogen-bond donors (Lipinski definition) is 1. The van der Waals surface area contributed by atoms with Crippen LogP contribution in [0.1, 0.15) is 69.4 Å². The van der Waals surface area contributed by atoms with Crippen LogP contribution in [0.3, 0.4) is 0 Å². The Bertz CT molecular complexity index is 1060. The highest BCUT2D eigenvalue weighted by molar-refractivity contribution is 5.89. The van der Waals surface area contributed by atoms with Gasteiger partial charge in [0, 0.05) is 23.9 Å². The molecule has 3 rings (SSSR count). The summed E-state index contributed by atoms with van der Waals surface area (Å²) in [5.41, 5.74) is 2.24. The van der Waals surface area contributed by atoms with E-state index in [2.05, 4.69) is 20.8 Å². The highest BCUT2D eigenvalue weighted by Gasteiger charge is 2.34. The van der Waals surface area contributed by atoms with Crippen molar-refractivity contribution in [1.29, 1.82) is 0 Å². The molecule has 2 aromatic rings. The van der Waals surface area contributed by atoms with Crippen molar-refractivity contribution in [2.45, 2.75) is 66.0 Å². The van der Waals surface area contributed by atoms with Crippen molar-refractivity contribution in [2.24, 2.45) is 5.41 Å². The summed E-state index contributed by atoms with van der Waals surface area (Å²) >= 11 is 0. The third-order valence-electron chi connectivity index (χ3n) is 6.01. The molecule has 1 aromatic heterocycles. The maximum absolute atomic E-state index is 12.8.